The van der Waals surface area contributed by atoms with Gasteiger partial charge in [0.05, 0.1) is 4.92 Å². The summed E-state index contributed by atoms with van der Waals surface area (Å²) in [7, 11) is 0. The Bertz CT molecular complexity index is 719. The lowest BCUT2D eigenvalue weighted by atomic mass is 10.1. The molecule has 0 aliphatic carbocycles. The molecule has 0 saturated carbocycles. The Kier molecular flexibility index (Phi) is 2.53. The summed E-state index contributed by atoms with van der Waals surface area (Å²) >= 11 is 1.60. The molecular formula is C13H8N2O2S. The predicted octanol–water partition coefficient (Wildman–Crippen LogP) is 3.87. The number of fused-ring (bicyclic) bond motifs is 1. The van der Waals surface area contributed by atoms with E-state index in [1.54, 1.807) is 29.7 Å². The van der Waals surface area contributed by atoms with Crippen LogP contribution < -0.4 is 0 Å². The van der Waals surface area contributed by atoms with Crippen LogP contribution in [0.25, 0.3) is 21.3 Å². The second kappa shape index (κ2) is 4.19. The first kappa shape index (κ1) is 10.9. The number of pyridine rings is 1. The monoisotopic (exact) mass is 256 g/mol. The zero-order valence-corrected chi connectivity index (χ0v) is 10.1. The van der Waals surface area contributed by atoms with Crippen LogP contribution in [0.3, 0.4) is 0 Å². The summed E-state index contributed by atoms with van der Waals surface area (Å²) in [6.45, 7) is 0. The molecule has 0 N–H and O–H groups in total. The Morgan fingerprint density at radius 2 is 1.89 bits per heavy atom. The summed E-state index contributed by atoms with van der Waals surface area (Å²) in [5, 5.41) is 13.7. The fraction of sp³-hybridized carbons (Fsp3) is 0. The van der Waals surface area contributed by atoms with E-state index in [0.717, 1.165) is 21.3 Å². The van der Waals surface area contributed by atoms with Gasteiger partial charge in [0.1, 0.15) is 4.83 Å². The average Bonchev–Trinajstić information content (AvgIpc) is 2.86. The summed E-state index contributed by atoms with van der Waals surface area (Å²) in [6, 6.07) is 10.6. The van der Waals surface area contributed by atoms with Crippen molar-refractivity contribution in [3.8, 4) is 11.1 Å². The lowest BCUT2D eigenvalue weighted by Gasteiger charge is -2.01. The molecule has 2 heterocycles. The summed E-state index contributed by atoms with van der Waals surface area (Å²) in [5.41, 5.74) is 2.00. The molecule has 0 radical (unpaired) electrons. The van der Waals surface area contributed by atoms with Crippen LogP contribution in [0, 0.1) is 10.1 Å². The summed E-state index contributed by atoms with van der Waals surface area (Å²) in [5.74, 6) is 0. The average molecular weight is 256 g/mol. The molecule has 0 aliphatic heterocycles. The van der Waals surface area contributed by atoms with E-state index >= 15 is 0 Å². The number of rotatable bonds is 2. The van der Waals surface area contributed by atoms with Crippen molar-refractivity contribution in [2.75, 3.05) is 0 Å². The van der Waals surface area contributed by atoms with Gasteiger partial charge in [0.2, 0.25) is 0 Å². The van der Waals surface area contributed by atoms with Crippen LogP contribution in [-0.2, 0) is 0 Å². The number of benzene rings is 1. The fourth-order valence-electron chi connectivity index (χ4n) is 1.79. The predicted molar refractivity (Wildman–Crippen MR) is 71.7 cm³/mol. The van der Waals surface area contributed by atoms with Gasteiger partial charge in [0.25, 0.3) is 5.69 Å². The molecule has 4 nitrogen and oxygen atoms in total. The highest BCUT2D eigenvalue weighted by Gasteiger charge is 2.06. The molecule has 3 rings (SSSR count). The zero-order chi connectivity index (χ0) is 12.5. The van der Waals surface area contributed by atoms with Gasteiger partial charge in [-0.05, 0) is 35.2 Å². The van der Waals surface area contributed by atoms with Crippen molar-refractivity contribution in [3.05, 3.63) is 58.1 Å². The highest BCUT2D eigenvalue weighted by atomic mass is 32.1. The molecule has 0 amide bonds. The zero-order valence-electron chi connectivity index (χ0n) is 9.24. The number of nitro groups is 1. The van der Waals surface area contributed by atoms with Crippen molar-refractivity contribution in [3.63, 3.8) is 0 Å². The molecule has 18 heavy (non-hydrogen) atoms. The lowest BCUT2D eigenvalue weighted by Crippen LogP contribution is -1.87. The molecule has 0 atom stereocenters. The first-order valence-electron chi connectivity index (χ1n) is 5.32. The Morgan fingerprint density at radius 3 is 2.61 bits per heavy atom. The Labute approximate surface area is 107 Å². The maximum Gasteiger partial charge on any atom is 0.269 e. The highest BCUT2D eigenvalue weighted by molar-refractivity contribution is 7.16. The Morgan fingerprint density at radius 1 is 1.11 bits per heavy atom. The van der Waals surface area contributed by atoms with Crippen LogP contribution in [0.15, 0.2) is 48.0 Å². The van der Waals surface area contributed by atoms with Gasteiger partial charge in [-0.15, -0.1) is 11.3 Å². The molecular weight excluding hydrogens is 248 g/mol. The van der Waals surface area contributed by atoms with Crippen molar-refractivity contribution >= 4 is 27.2 Å². The van der Waals surface area contributed by atoms with E-state index in [1.165, 1.54) is 12.1 Å². The molecule has 3 aromatic rings. The molecule has 1 aromatic carbocycles. The third kappa shape index (κ3) is 1.84. The summed E-state index contributed by atoms with van der Waals surface area (Å²) in [6.07, 6.45) is 1.79. The minimum absolute atomic E-state index is 0.100. The molecule has 0 aliphatic rings. The number of nitrogens with zero attached hydrogens (tertiary/aromatic N) is 2. The SMILES string of the molecule is O=[N+]([O-])c1ccc(-c2cnc3sccc3c2)cc1. The Hall–Kier alpha value is -2.27. The van der Waals surface area contributed by atoms with Crippen LogP contribution >= 0.6 is 11.3 Å². The van der Waals surface area contributed by atoms with Gasteiger partial charge in [-0.2, -0.15) is 0 Å². The third-order valence-corrected chi connectivity index (χ3v) is 3.55. The Balaban J connectivity index is 2.05. The molecule has 2 aromatic heterocycles. The number of nitro benzene ring substituents is 1. The van der Waals surface area contributed by atoms with Crippen molar-refractivity contribution in [1.82, 2.24) is 4.98 Å². The van der Waals surface area contributed by atoms with Gasteiger partial charge in [-0.25, -0.2) is 4.98 Å². The summed E-state index contributed by atoms with van der Waals surface area (Å²) < 4.78 is 0. The first-order valence-corrected chi connectivity index (χ1v) is 6.20. The van der Waals surface area contributed by atoms with Crippen molar-refractivity contribution in [2.45, 2.75) is 0 Å². The molecule has 88 valence electrons. The van der Waals surface area contributed by atoms with E-state index < -0.39 is 4.92 Å². The lowest BCUT2D eigenvalue weighted by molar-refractivity contribution is -0.384. The third-order valence-electron chi connectivity index (χ3n) is 2.72. The quantitative estimate of drug-likeness (QED) is 0.516. The van der Waals surface area contributed by atoms with Crippen LogP contribution in [-0.4, -0.2) is 9.91 Å². The van der Waals surface area contributed by atoms with E-state index in [1.807, 2.05) is 17.5 Å². The van der Waals surface area contributed by atoms with Gasteiger partial charge < -0.3 is 0 Å². The number of hydrogen-bond donors (Lipinski definition) is 0. The molecule has 0 spiro atoms. The summed E-state index contributed by atoms with van der Waals surface area (Å²) in [4.78, 5) is 15.5. The number of aromatic nitrogens is 1. The van der Waals surface area contributed by atoms with Crippen LogP contribution in [0.1, 0.15) is 0 Å². The van der Waals surface area contributed by atoms with E-state index in [4.69, 9.17) is 0 Å². The van der Waals surface area contributed by atoms with Crippen molar-refractivity contribution in [2.24, 2.45) is 0 Å². The topological polar surface area (TPSA) is 56.0 Å². The normalized spacial score (nSPS) is 10.7. The number of thiophene rings is 1. The van der Waals surface area contributed by atoms with Crippen LogP contribution in [0.2, 0.25) is 0 Å². The molecule has 0 fully saturated rings. The standard InChI is InChI=1S/C13H8N2O2S/c16-15(17)12-3-1-9(2-4-12)11-7-10-5-6-18-13(10)14-8-11/h1-8H. The molecule has 0 saturated heterocycles. The molecule has 5 heteroatoms. The van der Waals surface area contributed by atoms with Crippen LogP contribution in [0.4, 0.5) is 5.69 Å². The largest absolute Gasteiger partial charge is 0.269 e. The highest BCUT2D eigenvalue weighted by Crippen LogP contribution is 2.26. The molecule has 0 unspecified atom stereocenters. The second-order valence-corrected chi connectivity index (χ2v) is 4.74. The number of hydrogen-bond acceptors (Lipinski definition) is 4. The van der Waals surface area contributed by atoms with Gasteiger partial charge in [-0.3, -0.25) is 10.1 Å². The van der Waals surface area contributed by atoms with E-state index in [2.05, 4.69) is 4.98 Å². The van der Waals surface area contributed by atoms with E-state index in [-0.39, 0.29) is 5.69 Å². The minimum Gasteiger partial charge on any atom is -0.258 e. The van der Waals surface area contributed by atoms with Gasteiger partial charge >= 0.3 is 0 Å². The van der Waals surface area contributed by atoms with E-state index in [0.29, 0.717) is 0 Å². The van der Waals surface area contributed by atoms with E-state index in [9.17, 15) is 10.1 Å². The maximum absolute atomic E-state index is 10.6. The van der Waals surface area contributed by atoms with Crippen molar-refractivity contribution in [1.29, 1.82) is 0 Å². The van der Waals surface area contributed by atoms with Crippen LogP contribution in [0.5, 0.6) is 0 Å². The van der Waals surface area contributed by atoms with Gasteiger partial charge in [0, 0.05) is 29.3 Å². The number of non-ortho nitro benzene ring substituents is 1. The van der Waals surface area contributed by atoms with Crippen molar-refractivity contribution < 1.29 is 4.92 Å². The smallest absolute Gasteiger partial charge is 0.258 e. The van der Waals surface area contributed by atoms with Gasteiger partial charge in [-0.1, -0.05) is 0 Å². The maximum atomic E-state index is 10.6. The second-order valence-electron chi connectivity index (χ2n) is 3.84. The first-order chi connectivity index (χ1) is 8.74. The fourth-order valence-corrected chi connectivity index (χ4v) is 2.51. The minimum atomic E-state index is -0.399. The molecule has 0 bridgehead atoms. The van der Waals surface area contributed by atoms with Gasteiger partial charge in [0.15, 0.2) is 0 Å².